The number of rotatable bonds is 3. The zero-order chi connectivity index (χ0) is 12.8. The SMILES string of the molecule is CCOC(=O)NC1CCN(c2ccccn2)CC1. The number of anilines is 1. The third-order valence-electron chi connectivity index (χ3n) is 3.07. The highest BCUT2D eigenvalue weighted by molar-refractivity contribution is 5.67. The summed E-state index contributed by atoms with van der Waals surface area (Å²) in [6.07, 6.45) is 3.34. The molecule has 0 saturated carbocycles. The number of nitrogens with one attached hydrogen (secondary N) is 1. The molecule has 5 nitrogen and oxygen atoms in total. The first-order valence-electron chi connectivity index (χ1n) is 6.39. The lowest BCUT2D eigenvalue weighted by atomic mass is 10.1. The fourth-order valence-electron chi connectivity index (χ4n) is 2.13. The van der Waals surface area contributed by atoms with Crippen molar-refractivity contribution in [3.05, 3.63) is 24.4 Å². The van der Waals surface area contributed by atoms with E-state index < -0.39 is 0 Å². The van der Waals surface area contributed by atoms with Gasteiger partial charge in [0.25, 0.3) is 0 Å². The van der Waals surface area contributed by atoms with E-state index in [0.717, 1.165) is 31.7 Å². The Balaban J connectivity index is 1.80. The molecule has 1 aliphatic rings. The van der Waals surface area contributed by atoms with Crippen LogP contribution in [0, 0.1) is 0 Å². The Morgan fingerprint density at radius 2 is 2.28 bits per heavy atom. The summed E-state index contributed by atoms with van der Waals surface area (Å²) in [6, 6.07) is 6.13. The molecule has 0 atom stereocenters. The van der Waals surface area contributed by atoms with Crippen LogP contribution < -0.4 is 10.2 Å². The van der Waals surface area contributed by atoms with E-state index >= 15 is 0 Å². The quantitative estimate of drug-likeness (QED) is 0.887. The van der Waals surface area contributed by atoms with Crippen molar-refractivity contribution in [3.8, 4) is 0 Å². The number of pyridine rings is 1. The Kier molecular flexibility index (Phi) is 4.39. The number of hydrogen-bond acceptors (Lipinski definition) is 4. The van der Waals surface area contributed by atoms with Crippen LogP contribution in [-0.2, 0) is 4.74 Å². The zero-order valence-corrected chi connectivity index (χ0v) is 10.6. The van der Waals surface area contributed by atoms with E-state index in [1.165, 1.54) is 0 Å². The Bertz CT molecular complexity index is 375. The van der Waals surface area contributed by atoms with Gasteiger partial charge in [-0.1, -0.05) is 6.07 Å². The van der Waals surface area contributed by atoms with E-state index in [0.29, 0.717) is 6.61 Å². The van der Waals surface area contributed by atoms with E-state index in [4.69, 9.17) is 4.74 Å². The second-order valence-corrected chi connectivity index (χ2v) is 4.31. The lowest BCUT2D eigenvalue weighted by Gasteiger charge is -2.32. The molecule has 5 heteroatoms. The average molecular weight is 249 g/mol. The summed E-state index contributed by atoms with van der Waals surface area (Å²) in [6.45, 7) is 4.05. The Labute approximate surface area is 107 Å². The second kappa shape index (κ2) is 6.23. The van der Waals surface area contributed by atoms with E-state index in [1.807, 2.05) is 25.1 Å². The first kappa shape index (κ1) is 12.7. The van der Waals surface area contributed by atoms with Crippen molar-refractivity contribution >= 4 is 11.9 Å². The predicted molar refractivity (Wildman–Crippen MR) is 69.6 cm³/mol. The van der Waals surface area contributed by atoms with Crippen LogP contribution in [0.1, 0.15) is 19.8 Å². The Hall–Kier alpha value is -1.78. The predicted octanol–water partition coefficient (Wildman–Crippen LogP) is 1.80. The number of alkyl carbamates (subject to hydrolysis) is 1. The van der Waals surface area contributed by atoms with Crippen molar-refractivity contribution in [2.45, 2.75) is 25.8 Å². The number of aromatic nitrogens is 1. The molecule has 1 amide bonds. The van der Waals surface area contributed by atoms with E-state index in [9.17, 15) is 4.79 Å². The highest BCUT2D eigenvalue weighted by atomic mass is 16.5. The van der Waals surface area contributed by atoms with Crippen LogP contribution in [0.25, 0.3) is 0 Å². The average Bonchev–Trinajstić information content (AvgIpc) is 2.41. The molecule has 0 unspecified atom stereocenters. The van der Waals surface area contributed by atoms with Gasteiger partial charge in [0.05, 0.1) is 6.61 Å². The van der Waals surface area contributed by atoms with Crippen molar-refractivity contribution in [2.24, 2.45) is 0 Å². The smallest absolute Gasteiger partial charge is 0.407 e. The van der Waals surface area contributed by atoms with Crippen LogP contribution in [0.3, 0.4) is 0 Å². The third-order valence-corrected chi connectivity index (χ3v) is 3.07. The highest BCUT2D eigenvalue weighted by Crippen LogP contribution is 2.17. The molecule has 1 aromatic rings. The maximum Gasteiger partial charge on any atom is 0.407 e. The number of piperidine rings is 1. The van der Waals surface area contributed by atoms with Crippen molar-refractivity contribution in [2.75, 3.05) is 24.6 Å². The molecule has 18 heavy (non-hydrogen) atoms. The molecule has 0 aliphatic carbocycles. The summed E-state index contributed by atoms with van der Waals surface area (Å²) in [7, 11) is 0. The minimum absolute atomic E-state index is 0.212. The third kappa shape index (κ3) is 3.35. The number of hydrogen-bond donors (Lipinski definition) is 1. The normalized spacial score (nSPS) is 16.4. The maximum absolute atomic E-state index is 11.3. The molecule has 98 valence electrons. The van der Waals surface area contributed by atoms with Gasteiger partial charge in [0.1, 0.15) is 5.82 Å². The lowest BCUT2D eigenvalue weighted by molar-refractivity contribution is 0.146. The molecule has 0 bridgehead atoms. The minimum Gasteiger partial charge on any atom is -0.450 e. The van der Waals surface area contributed by atoms with Crippen molar-refractivity contribution in [1.82, 2.24) is 10.3 Å². The summed E-state index contributed by atoms with van der Waals surface area (Å²) >= 11 is 0. The van der Waals surface area contributed by atoms with Crippen molar-refractivity contribution in [1.29, 1.82) is 0 Å². The second-order valence-electron chi connectivity index (χ2n) is 4.31. The van der Waals surface area contributed by atoms with E-state index in [1.54, 1.807) is 6.20 Å². The summed E-state index contributed by atoms with van der Waals surface area (Å²) in [4.78, 5) is 17.9. The number of carbonyl (C=O) groups excluding carboxylic acids is 1. The van der Waals surface area contributed by atoms with Gasteiger partial charge in [-0.2, -0.15) is 0 Å². The van der Waals surface area contributed by atoms with E-state index in [2.05, 4.69) is 15.2 Å². The van der Waals surface area contributed by atoms with Gasteiger partial charge < -0.3 is 15.0 Å². The Morgan fingerprint density at radius 3 is 2.89 bits per heavy atom. The van der Waals surface area contributed by atoms with Gasteiger partial charge in [-0.3, -0.25) is 0 Å². The van der Waals surface area contributed by atoms with Gasteiger partial charge in [0, 0.05) is 25.3 Å². The summed E-state index contributed by atoms with van der Waals surface area (Å²) in [5.74, 6) is 1.01. The van der Waals surface area contributed by atoms with Crippen LogP contribution in [0.15, 0.2) is 24.4 Å². The molecule has 0 radical (unpaired) electrons. The number of nitrogens with zero attached hydrogens (tertiary/aromatic N) is 2. The minimum atomic E-state index is -0.311. The molecule has 1 aliphatic heterocycles. The maximum atomic E-state index is 11.3. The number of ether oxygens (including phenoxy) is 1. The first-order valence-corrected chi connectivity index (χ1v) is 6.39. The monoisotopic (exact) mass is 249 g/mol. The molecule has 2 rings (SSSR count). The van der Waals surface area contributed by atoms with Crippen molar-refractivity contribution < 1.29 is 9.53 Å². The van der Waals surface area contributed by atoms with Crippen LogP contribution in [0.2, 0.25) is 0 Å². The van der Waals surface area contributed by atoms with Gasteiger partial charge in [0.15, 0.2) is 0 Å². The van der Waals surface area contributed by atoms with Crippen LogP contribution in [0.5, 0.6) is 0 Å². The van der Waals surface area contributed by atoms with Gasteiger partial charge in [-0.25, -0.2) is 9.78 Å². The lowest BCUT2D eigenvalue weighted by Crippen LogP contribution is -2.45. The van der Waals surface area contributed by atoms with E-state index in [-0.39, 0.29) is 12.1 Å². The molecular formula is C13H19N3O2. The molecule has 1 aromatic heterocycles. The zero-order valence-electron chi connectivity index (χ0n) is 10.6. The number of amides is 1. The first-order chi connectivity index (χ1) is 8.79. The Morgan fingerprint density at radius 1 is 1.50 bits per heavy atom. The van der Waals surface area contributed by atoms with Crippen LogP contribution in [-0.4, -0.2) is 36.8 Å². The topological polar surface area (TPSA) is 54.5 Å². The molecule has 1 N–H and O–H groups in total. The largest absolute Gasteiger partial charge is 0.450 e. The van der Waals surface area contributed by atoms with Gasteiger partial charge >= 0.3 is 6.09 Å². The summed E-state index contributed by atoms with van der Waals surface area (Å²) in [5.41, 5.74) is 0. The van der Waals surface area contributed by atoms with Crippen LogP contribution >= 0.6 is 0 Å². The summed E-state index contributed by atoms with van der Waals surface area (Å²) < 4.78 is 4.88. The summed E-state index contributed by atoms with van der Waals surface area (Å²) in [5, 5.41) is 2.88. The molecule has 0 spiro atoms. The molecule has 0 aromatic carbocycles. The van der Waals surface area contributed by atoms with Gasteiger partial charge in [-0.15, -0.1) is 0 Å². The standard InChI is InChI=1S/C13H19N3O2/c1-2-18-13(17)15-11-6-9-16(10-7-11)12-5-3-4-8-14-12/h3-5,8,11H,2,6-7,9-10H2,1H3,(H,15,17). The van der Waals surface area contributed by atoms with Gasteiger partial charge in [0.2, 0.25) is 0 Å². The number of carbonyl (C=O) groups is 1. The highest BCUT2D eigenvalue weighted by Gasteiger charge is 2.21. The fraction of sp³-hybridized carbons (Fsp3) is 0.538. The molecule has 2 heterocycles. The fourth-order valence-corrected chi connectivity index (χ4v) is 2.13. The van der Waals surface area contributed by atoms with Crippen molar-refractivity contribution in [3.63, 3.8) is 0 Å². The van der Waals surface area contributed by atoms with Gasteiger partial charge in [-0.05, 0) is 31.9 Å². The van der Waals surface area contributed by atoms with Crippen LogP contribution in [0.4, 0.5) is 10.6 Å². The molecule has 1 fully saturated rings. The molecule has 1 saturated heterocycles. The molecular weight excluding hydrogens is 230 g/mol.